The van der Waals surface area contributed by atoms with Gasteiger partial charge < -0.3 is 19.5 Å². The summed E-state index contributed by atoms with van der Waals surface area (Å²) in [4.78, 5) is 12.7. The van der Waals surface area contributed by atoms with Crippen molar-refractivity contribution in [1.82, 2.24) is 4.90 Å². The van der Waals surface area contributed by atoms with Crippen LogP contribution in [0.4, 0.5) is 8.78 Å². The maximum Gasteiger partial charge on any atom is 0.255 e. The van der Waals surface area contributed by atoms with Gasteiger partial charge in [0.1, 0.15) is 11.5 Å². The maximum atomic E-state index is 12.3. The van der Waals surface area contributed by atoms with Crippen LogP contribution in [-0.2, 0) is 4.79 Å². The van der Waals surface area contributed by atoms with Crippen LogP contribution in [0.5, 0.6) is 11.5 Å². The van der Waals surface area contributed by atoms with Crippen LogP contribution >= 0.6 is 0 Å². The van der Waals surface area contributed by atoms with E-state index >= 15 is 0 Å². The average molecular weight is 303 g/mol. The van der Waals surface area contributed by atoms with Crippen molar-refractivity contribution in [3.63, 3.8) is 0 Å². The first-order valence-corrected chi connectivity index (χ1v) is 6.50. The summed E-state index contributed by atoms with van der Waals surface area (Å²) in [6, 6.07) is 6.81. The van der Waals surface area contributed by atoms with Gasteiger partial charge in [0.25, 0.3) is 6.43 Å². The van der Waals surface area contributed by atoms with Crippen LogP contribution in [-0.4, -0.2) is 55.8 Å². The molecule has 0 unspecified atom stereocenters. The molecule has 7 heteroatoms. The van der Waals surface area contributed by atoms with E-state index in [1.54, 1.807) is 31.4 Å². The molecule has 0 aliphatic heterocycles. The number of rotatable bonds is 9. The van der Waals surface area contributed by atoms with E-state index in [4.69, 9.17) is 14.6 Å². The van der Waals surface area contributed by atoms with E-state index in [0.717, 1.165) is 4.90 Å². The first-order chi connectivity index (χ1) is 10.1. The molecule has 0 saturated carbocycles. The van der Waals surface area contributed by atoms with E-state index in [2.05, 4.69) is 0 Å². The fourth-order valence-corrected chi connectivity index (χ4v) is 1.69. The van der Waals surface area contributed by atoms with Crippen LogP contribution in [0.2, 0.25) is 0 Å². The van der Waals surface area contributed by atoms with E-state index in [-0.39, 0.29) is 26.2 Å². The summed E-state index contributed by atoms with van der Waals surface area (Å²) in [5.41, 5.74) is 0. The summed E-state index contributed by atoms with van der Waals surface area (Å²) >= 11 is 0. The minimum absolute atomic E-state index is 0.0290. The molecule has 0 heterocycles. The molecule has 0 radical (unpaired) electrons. The molecule has 0 atom stereocenters. The number of benzene rings is 1. The quantitative estimate of drug-likeness (QED) is 0.752. The second-order valence-electron chi connectivity index (χ2n) is 4.23. The van der Waals surface area contributed by atoms with E-state index in [0.29, 0.717) is 11.5 Å². The van der Waals surface area contributed by atoms with Gasteiger partial charge in [0.15, 0.2) is 0 Å². The number of carbonyl (C=O) groups excluding carboxylic acids is 1. The minimum Gasteiger partial charge on any atom is -0.497 e. The molecule has 0 aliphatic rings. The number of alkyl halides is 2. The molecule has 0 aromatic heterocycles. The summed E-state index contributed by atoms with van der Waals surface area (Å²) in [6.45, 7) is -1.05. The lowest BCUT2D eigenvalue weighted by Crippen LogP contribution is -2.37. The Morgan fingerprint density at radius 1 is 1.29 bits per heavy atom. The Hall–Kier alpha value is -1.89. The maximum absolute atomic E-state index is 12.3. The van der Waals surface area contributed by atoms with Crippen molar-refractivity contribution in [2.24, 2.45) is 0 Å². The third kappa shape index (κ3) is 6.40. The minimum atomic E-state index is -2.62. The molecule has 1 aromatic rings. The van der Waals surface area contributed by atoms with Crippen LogP contribution in [0.3, 0.4) is 0 Å². The molecule has 0 spiro atoms. The van der Waals surface area contributed by atoms with Gasteiger partial charge in [-0.3, -0.25) is 4.79 Å². The van der Waals surface area contributed by atoms with Crippen LogP contribution in [0, 0.1) is 0 Å². The van der Waals surface area contributed by atoms with E-state index in [1.165, 1.54) is 0 Å². The predicted octanol–water partition coefficient (Wildman–Crippen LogP) is 1.55. The molecule has 1 amide bonds. The van der Waals surface area contributed by atoms with E-state index < -0.39 is 18.9 Å². The number of amides is 1. The number of carbonyl (C=O) groups is 1. The molecule has 0 saturated heterocycles. The van der Waals surface area contributed by atoms with Crippen molar-refractivity contribution in [3.8, 4) is 11.5 Å². The molecular weight excluding hydrogens is 284 g/mol. The molecule has 118 valence electrons. The third-order valence-electron chi connectivity index (χ3n) is 2.73. The Labute approximate surface area is 122 Å². The van der Waals surface area contributed by atoms with Gasteiger partial charge in [0.05, 0.1) is 33.3 Å². The van der Waals surface area contributed by atoms with Crippen molar-refractivity contribution in [3.05, 3.63) is 24.3 Å². The number of halogens is 2. The number of ether oxygens (including phenoxy) is 2. The van der Waals surface area contributed by atoms with Gasteiger partial charge in [-0.25, -0.2) is 8.78 Å². The standard InChI is InChI=1S/C14H19F2NO4/c1-20-11-2-4-12(5-3-11)21-9-6-14(19)17(7-8-18)10-13(15)16/h2-5,13,18H,6-10H2,1H3. The van der Waals surface area contributed by atoms with Crippen LogP contribution in [0.15, 0.2) is 24.3 Å². The smallest absolute Gasteiger partial charge is 0.255 e. The summed E-state index contributed by atoms with van der Waals surface area (Å²) in [5, 5.41) is 8.77. The van der Waals surface area contributed by atoms with Gasteiger partial charge in [-0.1, -0.05) is 0 Å². The Morgan fingerprint density at radius 3 is 2.43 bits per heavy atom. The van der Waals surface area contributed by atoms with Crippen molar-refractivity contribution < 1.29 is 28.2 Å². The number of methoxy groups -OCH3 is 1. The molecule has 1 rings (SSSR count). The van der Waals surface area contributed by atoms with Crippen LogP contribution < -0.4 is 9.47 Å². The summed E-state index contributed by atoms with van der Waals surface area (Å²) in [7, 11) is 1.55. The monoisotopic (exact) mass is 303 g/mol. The molecule has 0 aliphatic carbocycles. The van der Waals surface area contributed by atoms with E-state index in [1.807, 2.05) is 0 Å². The van der Waals surface area contributed by atoms with Gasteiger partial charge in [0.2, 0.25) is 5.91 Å². The molecule has 5 nitrogen and oxygen atoms in total. The topological polar surface area (TPSA) is 59.0 Å². The Morgan fingerprint density at radius 2 is 1.90 bits per heavy atom. The lowest BCUT2D eigenvalue weighted by Gasteiger charge is -2.21. The van der Waals surface area contributed by atoms with Gasteiger partial charge in [-0.15, -0.1) is 0 Å². The zero-order valence-electron chi connectivity index (χ0n) is 11.8. The first kappa shape index (κ1) is 17.2. The normalized spacial score (nSPS) is 10.5. The number of nitrogens with zero attached hydrogens (tertiary/aromatic N) is 1. The highest BCUT2D eigenvalue weighted by molar-refractivity contribution is 5.76. The Kier molecular flexibility index (Phi) is 7.45. The molecular formula is C14H19F2NO4. The first-order valence-electron chi connectivity index (χ1n) is 6.50. The molecule has 1 N–H and O–H groups in total. The van der Waals surface area contributed by atoms with Crippen molar-refractivity contribution in [2.75, 3.05) is 33.4 Å². The highest BCUT2D eigenvalue weighted by Gasteiger charge is 2.17. The molecule has 0 bridgehead atoms. The SMILES string of the molecule is COc1ccc(OCCC(=O)N(CCO)CC(F)F)cc1. The Balaban J connectivity index is 2.39. The zero-order chi connectivity index (χ0) is 15.7. The average Bonchev–Trinajstić information content (AvgIpc) is 2.47. The number of aliphatic hydroxyl groups excluding tert-OH is 1. The number of hydrogen-bond donors (Lipinski definition) is 1. The van der Waals surface area contributed by atoms with Gasteiger partial charge >= 0.3 is 0 Å². The molecule has 1 aromatic carbocycles. The van der Waals surface area contributed by atoms with Gasteiger partial charge in [-0.2, -0.15) is 0 Å². The van der Waals surface area contributed by atoms with Crippen LogP contribution in [0.25, 0.3) is 0 Å². The zero-order valence-corrected chi connectivity index (χ0v) is 11.8. The largest absolute Gasteiger partial charge is 0.497 e. The fourth-order valence-electron chi connectivity index (χ4n) is 1.69. The number of hydrogen-bond acceptors (Lipinski definition) is 4. The summed E-state index contributed by atoms with van der Waals surface area (Å²) < 4.78 is 35.0. The van der Waals surface area contributed by atoms with E-state index in [9.17, 15) is 13.6 Å². The fraction of sp³-hybridized carbons (Fsp3) is 0.500. The highest BCUT2D eigenvalue weighted by atomic mass is 19.3. The lowest BCUT2D eigenvalue weighted by atomic mass is 10.3. The second kappa shape index (κ2) is 9.12. The van der Waals surface area contributed by atoms with Crippen molar-refractivity contribution in [1.29, 1.82) is 0 Å². The number of aliphatic hydroxyl groups is 1. The lowest BCUT2D eigenvalue weighted by molar-refractivity contribution is -0.134. The third-order valence-corrected chi connectivity index (χ3v) is 2.73. The summed E-state index contributed by atoms with van der Waals surface area (Å²) in [5.74, 6) is 0.772. The molecule has 0 fully saturated rings. The summed E-state index contributed by atoms with van der Waals surface area (Å²) in [6.07, 6.45) is -2.65. The van der Waals surface area contributed by atoms with Crippen LogP contribution in [0.1, 0.15) is 6.42 Å². The van der Waals surface area contributed by atoms with Crippen molar-refractivity contribution >= 4 is 5.91 Å². The van der Waals surface area contributed by atoms with Crippen molar-refractivity contribution in [2.45, 2.75) is 12.8 Å². The van der Waals surface area contributed by atoms with Gasteiger partial charge in [0, 0.05) is 6.54 Å². The van der Waals surface area contributed by atoms with Gasteiger partial charge in [-0.05, 0) is 24.3 Å². The predicted molar refractivity (Wildman–Crippen MR) is 72.8 cm³/mol. The highest BCUT2D eigenvalue weighted by Crippen LogP contribution is 2.17. The Bertz CT molecular complexity index is 425. The second-order valence-corrected chi connectivity index (χ2v) is 4.23. The molecule has 21 heavy (non-hydrogen) atoms.